The van der Waals surface area contributed by atoms with Crippen molar-refractivity contribution in [1.29, 1.82) is 5.26 Å². The smallest absolute Gasteiger partial charge is 0.309 e. The predicted octanol–water partition coefficient (Wildman–Crippen LogP) is 2.08. The molecule has 0 saturated carbocycles. The molecule has 13 heavy (non-hydrogen) atoms. The summed E-state index contributed by atoms with van der Waals surface area (Å²) in [6.45, 7) is 2.61. The van der Waals surface area contributed by atoms with Crippen molar-refractivity contribution < 1.29 is 13.2 Å². The van der Waals surface area contributed by atoms with Crippen LogP contribution >= 0.6 is 0 Å². The monoisotopic (exact) mass is 194 g/mol. The summed E-state index contributed by atoms with van der Waals surface area (Å²) in [5.74, 6) is 0. The van der Waals surface area contributed by atoms with Crippen molar-refractivity contribution in [2.45, 2.75) is 26.4 Å². The summed E-state index contributed by atoms with van der Waals surface area (Å²) < 4.78 is 34.9. The number of alkyl halides is 3. The first-order chi connectivity index (χ1) is 5.77. The largest absolute Gasteiger partial charge is 0.401 e. The lowest BCUT2D eigenvalue weighted by molar-refractivity contribution is -0.124. The summed E-state index contributed by atoms with van der Waals surface area (Å²) in [4.78, 5) is 0. The minimum absolute atomic E-state index is 0.208. The first kappa shape index (κ1) is 12.2. The number of nitriles is 1. The molecule has 0 aliphatic carbocycles. The Morgan fingerprint density at radius 3 is 2.23 bits per heavy atom. The van der Waals surface area contributed by atoms with E-state index in [0.29, 0.717) is 6.42 Å². The van der Waals surface area contributed by atoms with Crippen LogP contribution in [0.4, 0.5) is 13.2 Å². The number of rotatable bonds is 4. The molecular formula is C8H13F3N2. The molecule has 5 heteroatoms. The van der Waals surface area contributed by atoms with Crippen LogP contribution in [0, 0.1) is 16.7 Å². The number of nitrogens with zero attached hydrogens (tertiary/aromatic N) is 1. The molecule has 0 rings (SSSR count). The Labute approximate surface area is 75.7 Å². The second-order valence-electron chi connectivity index (χ2n) is 3.54. The molecule has 76 valence electrons. The summed E-state index contributed by atoms with van der Waals surface area (Å²) in [5, 5.41) is 10.8. The van der Waals surface area contributed by atoms with E-state index in [2.05, 4.69) is 5.32 Å². The van der Waals surface area contributed by atoms with Crippen LogP contribution < -0.4 is 5.32 Å². The van der Waals surface area contributed by atoms with Crippen LogP contribution in [0.5, 0.6) is 0 Å². The molecule has 0 heterocycles. The van der Waals surface area contributed by atoms with Crippen LogP contribution in [0.1, 0.15) is 20.3 Å². The van der Waals surface area contributed by atoms with Gasteiger partial charge in [0.1, 0.15) is 0 Å². The Balaban J connectivity index is 3.54. The standard InChI is InChI=1S/C8H13F3N2/c1-7(2,5-12)3-4-13-6-8(9,10)11/h13H,3-4,6H2,1-2H3. The highest BCUT2D eigenvalue weighted by Crippen LogP contribution is 2.18. The van der Waals surface area contributed by atoms with Gasteiger partial charge >= 0.3 is 6.18 Å². The van der Waals surface area contributed by atoms with E-state index in [1.165, 1.54) is 0 Å². The van der Waals surface area contributed by atoms with Gasteiger partial charge in [-0.2, -0.15) is 18.4 Å². The van der Waals surface area contributed by atoms with Gasteiger partial charge in [-0.3, -0.25) is 0 Å². The average molecular weight is 194 g/mol. The summed E-state index contributed by atoms with van der Waals surface area (Å²) in [7, 11) is 0. The quantitative estimate of drug-likeness (QED) is 0.695. The Morgan fingerprint density at radius 2 is 1.85 bits per heavy atom. The highest BCUT2D eigenvalue weighted by Gasteiger charge is 2.26. The van der Waals surface area contributed by atoms with Gasteiger partial charge < -0.3 is 5.32 Å². The summed E-state index contributed by atoms with van der Waals surface area (Å²) >= 11 is 0. The fourth-order valence-electron chi connectivity index (χ4n) is 0.687. The predicted molar refractivity (Wildman–Crippen MR) is 42.9 cm³/mol. The SMILES string of the molecule is CC(C)(C#N)CCNCC(F)(F)F. The zero-order valence-electron chi connectivity index (χ0n) is 7.70. The average Bonchev–Trinajstić information content (AvgIpc) is 1.97. The Hall–Kier alpha value is -0.760. The lowest BCUT2D eigenvalue weighted by atomic mass is 9.92. The zero-order chi connectivity index (χ0) is 10.5. The van der Waals surface area contributed by atoms with Gasteiger partial charge in [-0.05, 0) is 26.8 Å². The third kappa shape index (κ3) is 7.60. The lowest BCUT2D eigenvalue weighted by Gasteiger charge is -2.15. The first-order valence-electron chi connectivity index (χ1n) is 3.95. The van der Waals surface area contributed by atoms with Crippen LogP contribution in [0.2, 0.25) is 0 Å². The molecule has 2 nitrogen and oxygen atoms in total. The van der Waals surface area contributed by atoms with Crippen molar-refractivity contribution in [2.75, 3.05) is 13.1 Å². The van der Waals surface area contributed by atoms with E-state index in [9.17, 15) is 13.2 Å². The highest BCUT2D eigenvalue weighted by molar-refractivity contribution is 4.91. The second kappa shape index (κ2) is 4.47. The maximum absolute atomic E-state index is 11.6. The molecule has 1 N–H and O–H groups in total. The lowest BCUT2D eigenvalue weighted by Crippen LogP contribution is -2.31. The van der Waals surface area contributed by atoms with Gasteiger partial charge in [0.15, 0.2) is 0 Å². The molecule has 0 spiro atoms. The maximum Gasteiger partial charge on any atom is 0.401 e. The van der Waals surface area contributed by atoms with Crippen LogP contribution in [0.15, 0.2) is 0 Å². The Kier molecular flexibility index (Phi) is 4.21. The van der Waals surface area contributed by atoms with E-state index in [1.807, 2.05) is 6.07 Å². The van der Waals surface area contributed by atoms with E-state index in [-0.39, 0.29) is 6.54 Å². The van der Waals surface area contributed by atoms with E-state index in [4.69, 9.17) is 5.26 Å². The molecule has 0 aromatic rings. The minimum atomic E-state index is -4.17. The van der Waals surface area contributed by atoms with Gasteiger partial charge in [-0.25, -0.2) is 0 Å². The van der Waals surface area contributed by atoms with Crippen molar-refractivity contribution in [1.82, 2.24) is 5.32 Å². The van der Waals surface area contributed by atoms with Crippen LogP contribution in [0.3, 0.4) is 0 Å². The minimum Gasteiger partial charge on any atom is -0.309 e. The highest BCUT2D eigenvalue weighted by atomic mass is 19.4. The van der Waals surface area contributed by atoms with E-state index in [1.54, 1.807) is 13.8 Å². The van der Waals surface area contributed by atoms with Crippen LogP contribution in [-0.4, -0.2) is 19.3 Å². The molecular weight excluding hydrogens is 181 g/mol. The molecule has 0 aliphatic rings. The molecule has 0 unspecified atom stereocenters. The number of hydrogen-bond donors (Lipinski definition) is 1. The maximum atomic E-state index is 11.6. The third-order valence-electron chi connectivity index (χ3n) is 1.55. The Bertz CT molecular complexity index is 191. The fourth-order valence-corrected chi connectivity index (χ4v) is 0.687. The van der Waals surface area contributed by atoms with Gasteiger partial charge in [0.05, 0.1) is 18.0 Å². The second-order valence-corrected chi connectivity index (χ2v) is 3.54. The number of halogens is 3. The van der Waals surface area contributed by atoms with Gasteiger partial charge in [0.2, 0.25) is 0 Å². The van der Waals surface area contributed by atoms with Crippen molar-refractivity contribution >= 4 is 0 Å². The summed E-state index contributed by atoms with van der Waals surface area (Å²) in [6, 6.07) is 2.02. The molecule has 0 aromatic carbocycles. The molecule has 0 aromatic heterocycles. The van der Waals surface area contributed by atoms with Crippen molar-refractivity contribution in [3.8, 4) is 6.07 Å². The third-order valence-corrected chi connectivity index (χ3v) is 1.55. The molecule has 0 aliphatic heterocycles. The molecule has 0 radical (unpaired) electrons. The van der Waals surface area contributed by atoms with Gasteiger partial charge in [-0.15, -0.1) is 0 Å². The van der Waals surface area contributed by atoms with Gasteiger partial charge in [-0.1, -0.05) is 0 Å². The zero-order valence-corrected chi connectivity index (χ0v) is 7.70. The van der Waals surface area contributed by atoms with Crippen molar-refractivity contribution in [3.05, 3.63) is 0 Å². The van der Waals surface area contributed by atoms with E-state index in [0.717, 1.165) is 0 Å². The number of nitrogens with one attached hydrogen (secondary N) is 1. The van der Waals surface area contributed by atoms with Gasteiger partial charge in [0, 0.05) is 0 Å². The topological polar surface area (TPSA) is 35.8 Å². The van der Waals surface area contributed by atoms with Crippen LogP contribution in [-0.2, 0) is 0 Å². The molecule has 0 fully saturated rings. The summed E-state index contributed by atoms with van der Waals surface area (Å²) in [5.41, 5.74) is -0.557. The van der Waals surface area contributed by atoms with E-state index < -0.39 is 18.1 Å². The normalized spacial score (nSPS) is 12.6. The molecule has 0 saturated heterocycles. The molecule has 0 atom stereocenters. The van der Waals surface area contributed by atoms with E-state index >= 15 is 0 Å². The van der Waals surface area contributed by atoms with Crippen molar-refractivity contribution in [2.24, 2.45) is 5.41 Å². The van der Waals surface area contributed by atoms with Crippen LogP contribution in [0.25, 0.3) is 0 Å². The first-order valence-corrected chi connectivity index (χ1v) is 3.95. The number of hydrogen-bond acceptors (Lipinski definition) is 2. The van der Waals surface area contributed by atoms with Crippen molar-refractivity contribution in [3.63, 3.8) is 0 Å². The summed E-state index contributed by atoms with van der Waals surface area (Å²) in [6.07, 6.45) is -3.75. The molecule has 0 bridgehead atoms. The Morgan fingerprint density at radius 1 is 1.31 bits per heavy atom. The van der Waals surface area contributed by atoms with Gasteiger partial charge in [0.25, 0.3) is 0 Å². The fraction of sp³-hybridized carbons (Fsp3) is 0.875. The molecule has 0 amide bonds.